The van der Waals surface area contributed by atoms with Crippen LogP contribution in [0.25, 0.3) is 0 Å². The Morgan fingerprint density at radius 3 is 2.71 bits per heavy atom. The van der Waals surface area contributed by atoms with Gasteiger partial charge in [-0.2, -0.15) is 5.26 Å². The molecule has 1 rings (SSSR count). The predicted molar refractivity (Wildman–Crippen MR) is 63.2 cm³/mol. The highest BCUT2D eigenvalue weighted by atomic mass is 16.5. The molecule has 0 aliphatic carbocycles. The highest BCUT2D eigenvalue weighted by Gasteiger charge is 2.10. The molecule has 0 unspecified atom stereocenters. The number of anilines is 1. The van der Waals surface area contributed by atoms with E-state index in [2.05, 4.69) is 16.3 Å². The lowest BCUT2D eigenvalue weighted by atomic mass is 10.2. The molecule has 0 aromatic carbocycles. The maximum atomic E-state index is 10.5. The molecule has 5 N–H and O–H groups in total. The van der Waals surface area contributed by atoms with Crippen LogP contribution in [0.1, 0.15) is 23.0 Å². The van der Waals surface area contributed by atoms with Gasteiger partial charge in [-0.15, -0.1) is 0 Å². The Balaban J connectivity index is 0.000000770. The lowest BCUT2D eigenvalue weighted by molar-refractivity contribution is 0.111. The van der Waals surface area contributed by atoms with Gasteiger partial charge in [0.05, 0.1) is 12.3 Å². The Kier molecular flexibility index (Phi) is 7.01. The summed E-state index contributed by atoms with van der Waals surface area (Å²) in [5.74, 6) is 4.71. The number of pyridine rings is 1. The van der Waals surface area contributed by atoms with Gasteiger partial charge in [0, 0.05) is 0 Å². The zero-order chi connectivity index (χ0) is 13.3. The van der Waals surface area contributed by atoms with Crippen LogP contribution in [0.4, 0.5) is 5.69 Å². The van der Waals surface area contributed by atoms with E-state index in [4.69, 9.17) is 15.7 Å². The molecule has 0 spiro atoms. The monoisotopic (exact) mass is 237 g/mol. The lowest BCUT2D eigenvalue weighted by Gasteiger charge is -2.06. The number of hydrogen-bond acceptors (Lipinski definition) is 7. The molecule has 0 saturated carbocycles. The highest BCUT2D eigenvalue weighted by molar-refractivity contribution is 5.76. The number of rotatable bonds is 3. The third-order valence-corrected chi connectivity index (χ3v) is 1.55. The molecule has 1 heterocycles. The van der Waals surface area contributed by atoms with Crippen molar-refractivity contribution in [2.75, 3.05) is 19.4 Å². The van der Waals surface area contributed by atoms with Crippen molar-refractivity contribution in [3.8, 4) is 11.9 Å². The SMILES string of the molecule is CCOc1nc(C=O)cc(N)c1C#N.CNN. The smallest absolute Gasteiger partial charge is 0.234 e. The van der Waals surface area contributed by atoms with Gasteiger partial charge in [0.25, 0.3) is 0 Å². The van der Waals surface area contributed by atoms with Crippen molar-refractivity contribution in [1.29, 1.82) is 5.26 Å². The number of carbonyl (C=O) groups is 1. The van der Waals surface area contributed by atoms with Crippen LogP contribution in [0, 0.1) is 11.3 Å². The number of ether oxygens (including phenoxy) is 1. The van der Waals surface area contributed by atoms with Gasteiger partial charge in [0.2, 0.25) is 5.88 Å². The van der Waals surface area contributed by atoms with Gasteiger partial charge in [-0.05, 0) is 20.0 Å². The predicted octanol–water partition coefficient (Wildman–Crippen LogP) is -0.174. The lowest BCUT2D eigenvalue weighted by Crippen LogP contribution is -2.13. The third-order valence-electron chi connectivity index (χ3n) is 1.55. The average molecular weight is 237 g/mol. The summed E-state index contributed by atoms with van der Waals surface area (Å²) in [6.45, 7) is 2.12. The third kappa shape index (κ3) is 4.46. The van der Waals surface area contributed by atoms with Crippen LogP contribution >= 0.6 is 0 Å². The summed E-state index contributed by atoms with van der Waals surface area (Å²) in [5.41, 5.74) is 8.31. The number of nitrogen functional groups attached to an aromatic ring is 1. The van der Waals surface area contributed by atoms with Crippen molar-refractivity contribution in [2.45, 2.75) is 6.92 Å². The van der Waals surface area contributed by atoms with E-state index in [1.165, 1.54) is 6.07 Å². The number of carbonyl (C=O) groups excluding carboxylic acids is 1. The van der Waals surface area contributed by atoms with E-state index in [1.807, 2.05) is 6.07 Å². The van der Waals surface area contributed by atoms with Crippen molar-refractivity contribution in [1.82, 2.24) is 10.4 Å². The molecule has 92 valence electrons. The summed E-state index contributed by atoms with van der Waals surface area (Å²) < 4.78 is 5.08. The number of nitrogens with zero attached hydrogens (tertiary/aromatic N) is 2. The van der Waals surface area contributed by atoms with E-state index in [-0.39, 0.29) is 22.8 Å². The van der Waals surface area contributed by atoms with E-state index in [1.54, 1.807) is 14.0 Å². The summed E-state index contributed by atoms with van der Waals surface area (Å²) in [4.78, 5) is 14.3. The molecular formula is C10H15N5O2. The quantitative estimate of drug-likeness (QED) is 0.378. The van der Waals surface area contributed by atoms with Crippen LogP contribution in [0.2, 0.25) is 0 Å². The van der Waals surface area contributed by atoms with Gasteiger partial charge in [0.15, 0.2) is 6.29 Å². The molecule has 1 aromatic heterocycles. The normalized spacial score (nSPS) is 8.59. The van der Waals surface area contributed by atoms with Gasteiger partial charge in [0.1, 0.15) is 17.3 Å². The first-order valence-corrected chi connectivity index (χ1v) is 4.80. The summed E-state index contributed by atoms with van der Waals surface area (Å²) >= 11 is 0. The minimum absolute atomic E-state index is 0.108. The number of nitrogens with one attached hydrogen (secondary N) is 1. The van der Waals surface area contributed by atoms with Crippen molar-refractivity contribution >= 4 is 12.0 Å². The second-order valence-electron chi connectivity index (χ2n) is 2.77. The fourth-order valence-electron chi connectivity index (χ4n) is 0.974. The van der Waals surface area contributed by atoms with Crippen molar-refractivity contribution in [3.05, 3.63) is 17.3 Å². The number of nitrogens with two attached hydrogens (primary N) is 2. The van der Waals surface area contributed by atoms with Crippen molar-refractivity contribution in [3.63, 3.8) is 0 Å². The fourth-order valence-corrected chi connectivity index (χ4v) is 0.974. The summed E-state index contributed by atoms with van der Waals surface area (Å²) in [6.07, 6.45) is 0.556. The van der Waals surface area contributed by atoms with Crippen molar-refractivity contribution < 1.29 is 9.53 Å². The molecule has 17 heavy (non-hydrogen) atoms. The molecule has 1 aromatic rings. The van der Waals surface area contributed by atoms with E-state index in [0.29, 0.717) is 12.9 Å². The van der Waals surface area contributed by atoms with E-state index in [9.17, 15) is 4.79 Å². The first-order valence-electron chi connectivity index (χ1n) is 4.80. The first-order chi connectivity index (χ1) is 8.14. The van der Waals surface area contributed by atoms with E-state index >= 15 is 0 Å². The summed E-state index contributed by atoms with van der Waals surface area (Å²) in [6, 6.07) is 3.21. The minimum Gasteiger partial charge on any atom is -0.477 e. The molecule has 7 nitrogen and oxygen atoms in total. The van der Waals surface area contributed by atoms with Crippen LogP contribution in [-0.4, -0.2) is 24.9 Å². The molecule has 7 heteroatoms. The second-order valence-corrected chi connectivity index (χ2v) is 2.77. The van der Waals surface area contributed by atoms with Gasteiger partial charge < -0.3 is 10.5 Å². The molecule has 0 amide bonds. The maximum absolute atomic E-state index is 10.5. The van der Waals surface area contributed by atoms with Gasteiger partial charge >= 0.3 is 0 Å². The molecule has 0 radical (unpaired) electrons. The van der Waals surface area contributed by atoms with Gasteiger partial charge in [-0.1, -0.05) is 0 Å². The first kappa shape index (κ1) is 14.8. The summed E-state index contributed by atoms with van der Waals surface area (Å²) in [5, 5.41) is 8.75. The molecule has 0 bridgehead atoms. The maximum Gasteiger partial charge on any atom is 0.234 e. The van der Waals surface area contributed by atoms with Crippen LogP contribution in [0.3, 0.4) is 0 Å². The molecule has 0 atom stereocenters. The minimum atomic E-state index is 0.108. The fraction of sp³-hybridized carbons (Fsp3) is 0.300. The number of aldehydes is 1. The Morgan fingerprint density at radius 2 is 2.29 bits per heavy atom. The number of aromatic nitrogens is 1. The molecule has 0 aliphatic rings. The Bertz CT molecular complexity index is 414. The number of hydrogen-bond donors (Lipinski definition) is 3. The van der Waals surface area contributed by atoms with Crippen LogP contribution in [0.5, 0.6) is 5.88 Å². The van der Waals surface area contributed by atoms with Crippen LogP contribution < -0.4 is 21.7 Å². The van der Waals surface area contributed by atoms with Gasteiger partial charge in [-0.3, -0.25) is 16.1 Å². The number of nitriles is 1. The van der Waals surface area contributed by atoms with E-state index < -0.39 is 0 Å². The Labute approximate surface area is 99.3 Å². The summed E-state index contributed by atoms with van der Waals surface area (Å²) in [7, 11) is 1.65. The number of hydrazine groups is 1. The Morgan fingerprint density at radius 1 is 1.71 bits per heavy atom. The molecule has 0 fully saturated rings. The van der Waals surface area contributed by atoms with Gasteiger partial charge in [-0.25, -0.2) is 4.98 Å². The zero-order valence-corrected chi connectivity index (χ0v) is 9.73. The topological polar surface area (TPSA) is 127 Å². The van der Waals surface area contributed by atoms with E-state index in [0.717, 1.165) is 0 Å². The molecule has 0 aliphatic heterocycles. The van der Waals surface area contributed by atoms with Crippen LogP contribution in [-0.2, 0) is 0 Å². The Hall–Kier alpha value is -2.17. The zero-order valence-electron chi connectivity index (χ0n) is 9.73. The van der Waals surface area contributed by atoms with Crippen LogP contribution in [0.15, 0.2) is 6.07 Å². The standard InChI is InChI=1S/C9H9N3O2.CH6N2/c1-2-14-9-7(4-10)8(11)3-6(5-13)12-9;1-3-2/h3,5H,2H2,1H3,(H2,11,12);3H,2H2,1H3. The molecular weight excluding hydrogens is 222 g/mol. The molecule has 0 saturated heterocycles. The second kappa shape index (κ2) is 8.04. The highest BCUT2D eigenvalue weighted by Crippen LogP contribution is 2.21. The van der Waals surface area contributed by atoms with Crippen molar-refractivity contribution in [2.24, 2.45) is 5.84 Å². The largest absolute Gasteiger partial charge is 0.477 e. The average Bonchev–Trinajstić information content (AvgIpc) is 2.30.